The number of carbonyl (C=O) groups is 2. The maximum atomic E-state index is 12.6. The van der Waals surface area contributed by atoms with Crippen LogP contribution in [0.3, 0.4) is 0 Å². The highest BCUT2D eigenvalue weighted by molar-refractivity contribution is 6.09. The van der Waals surface area contributed by atoms with Gasteiger partial charge in [0.2, 0.25) is 5.91 Å². The molecule has 4 rings (SSSR count). The van der Waals surface area contributed by atoms with Gasteiger partial charge < -0.3 is 15.1 Å². The summed E-state index contributed by atoms with van der Waals surface area (Å²) in [6.45, 7) is 1.94. The van der Waals surface area contributed by atoms with Crippen LogP contribution in [0.1, 0.15) is 30.1 Å². The lowest BCUT2D eigenvalue weighted by Gasteiger charge is -2.40. The molecule has 1 aliphatic heterocycles. The molecular formula is C20H21N3O2. The molecule has 0 saturated heterocycles. The first-order valence-electron chi connectivity index (χ1n) is 8.62. The number of nitrogens with one attached hydrogen (secondary N) is 1. The zero-order chi connectivity index (χ0) is 17.6. The Bertz CT molecular complexity index is 830. The molecule has 0 bridgehead atoms. The maximum absolute atomic E-state index is 12.6. The monoisotopic (exact) mass is 335 g/mol. The van der Waals surface area contributed by atoms with Crippen LogP contribution in [0.25, 0.3) is 0 Å². The van der Waals surface area contributed by atoms with Crippen LogP contribution < -0.4 is 15.1 Å². The van der Waals surface area contributed by atoms with Gasteiger partial charge in [-0.1, -0.05) is 18.2 Å². The van der Waals surface area contributed by atoms with E-state index in [2.05, 4.69) is 10.2 Å². The predicted molar refractivity (Wildman–Crippen MR) is 99.2 cm³/mol. The number of benzene rings is 2. The van der Waals surface area contributed by atoms with Crippen molar-refractivity contribution in [3.63, 3.8) is 0 Å². The van der Waals surface area contributed by atoms with E-state index in [0.717, 1.165) is 29.9 Å². The average molecular weight is 335 g/mol. The molecule has 5 nitrogen and oxygen atoms in total. The van der Waals surface area contributed by atoms with Gasteiger partial charge in [-0.15, -0.1) is 0 Å². The second kappa shape index (κ2) is 5.92. The number of likely N-dealkylation sites (N-methyl/N-ethyl adjacent to an activating group) is 1. The number of anilines is 3. The molecule has 0 aromatic heterocycles. The SMILES string of the molecule is CC1C(=O)N(C)c2ccc(C(=O)Nc3ccccc3)cc2N1C1CC1. The fraction of sp³-hybridized carbons (Fsp3) is 0.300. The number of rotatable bonds is 3. The number of fused-ring (bicyclic) bond motifs is 1. The van der Waals surface area contributed by atoms with E-state index in [0.29, 0.717) is 11.6 Å². The molecular weight excluding hydrogens is 314 g/mol. The van der Waals surface area contributed by atoms with Crippen molar-refractivity contribution in [2.45, 2.75) is 31.8 Å². The van der Waals surface area contributed by atoms with Crippen LogP contribution >= 0.6 is 0 Å². The number of carbonyl (C=O) groups excluding carboxylic acids is 2. The van der Waals surface area contributed by atoms with Gasteiger partial charge in [0.25, 0.3) is 5.91 Å². The summed E-state index contributed by atoms with van der Waals surface area (Å²) in [6, 6.07) is 15.2. The maximum Gasteiger partial charge on any atom is 0.255 e. The van der Waals surface area contributed by atoms with Crippen molar-refractivity contribution in [3.8, 4) is 0 Å². The van der Waals surface area contributed by atoms with E-state index in [9.17, 15) is 9.59 Å². The van der Waals surface area contributed by atoms with Gasteiger partial charge in [-0.2, -0.15) is 0 Å². The number of para-hydroxylation sites is 1. The molecule has 128 valence electrons. The molecule has 1 saturated carbocycles. The number of nitrogens with zero attached hydrogens (tertiary/aromatic N) is 2. The Hall–Kier alpha value is -2.82. The van der Waals surface area contributed by atoms with Crippen molar-refractivity contribution < 1.29 is 9.59 Å². The molecule has 2 aliphatic rings. The predicted octanol–water partition coefficient (Wildman–Crippen LogP) is 3.27. The summed E-state index contributed by atoms with van der Waals surface area (Å²) in [5, 5.41) is 2.92. The molecule has 2 aromatic carbocycles. The van der Waals surface area contributed by atoms with Gasteiger partial charge in [-0.3, -0.25) is 9.59 Å². The smallest absolute Gasteiger partial charge is 0.255 e. The highest BCUT2D eigenvalue weighted by atomic mass is 16.2. The third-order valence-corrected chi connectivity index (χ3v) is 4.95. The number of hydrogen-bond donors (Lipinski definition) is 1. The second-order valence-corrected chi connectivity index (χ2v) is 6.74. The lowest BCUT2D eigenvalue weighted by atomic mass is 10.0. The molecule has 2 amide bonds. The van der Waals surface area contributed by atoms with Gasteiger partial charge in [0, 0.05) is 24.3 Å². The molecule has 1 N–H and O–H groups in total. The minimum absolute atomic E-state index is 0.0980. The molecule has 2 aromatic rings. The van der Waals surface area contributed by atoms with Crippen LogP contribution in [0.4, 0.5) is 17.1 Å². The van der Waals surface area contributed by atoms with E-state index in [1.807, 2.05) is 49.4 Å². The Labute approximate surface area is 147 Å². The Morgan fingerprint density at radius 1 is 1.08 bits per heavy atom. The largest absolute Gasteiger partial charge is 0.355 e. The minimum atomic E-state index is -0.197. The van der Waals surface area contributed by atoms with Gasteiger partial charge in [0.1, 0.15) is 6.04 Å². The fourth-order valence-electron chi connectivity index (χ4n) is 3.47. The van der Waals surface area contributed by atoms with Crippen molar-refractivity contribution in [3.05, 3.63) is 54.1 Å². The molecule has 5 heteroatoms. The van der Waals surface area contributed by atoms with E-state index in [-0.39, 0.29) is 17.9 Å². The highest BCUT2D eigenvalue weighted by Gasteiger charge is 2.41. The lowest BCUT2D eigenvalue weighted by Crippen LogP contribution is -2.51. The molecule has 1 heterocycles. The first kappa shape index (κ1) is 15.7. The summed E-state index contributed by atoms with van der Waals surface area (Å²) in [5.41, 5.74) is 3.21. The van der Waals surface area contributed by atoms with Gasteiger partial charge in [-0.25, -0.2) is 0 Å². The van der Waals surface area contributed by atoms with Crippen LogP contribution in [-0.4, -0.2) is 30.9 Å². The van der Waals surface area contributed by atoms with Crippen molar-refractivity contribution in [2.75, 3.05) is 22.2 Å². The summed E-state index contributed by atoms with van der Waals surface area (Å²) in [5.74, 6) is -0.0437. The standard InChI is InChI=1S/C20H21N3O2/c1-13-20(25)22(2)17-11-8-14(12-18(17)23(13)16-9-10-16)19(24)21-15-6-4-3-5-7-15/h3-8,11-13,16H,9-10H2,1-2H3,(H,21,24). The summed E-state index contributed by atoms with van der Waals surface area (Å²) in [4.78, 5) is 29.0. The normalized spacial score (nSPS) is 19.6. The molecule has 25 heavy (non-hydrogen) atoms. The fourth-order valence-corrected chi connectivity index (χ4v) is 3.47. The summed E-state index contributed by atoms with van der Waals surface area (Å²) in [6.07, 6.45) is 2.20. The van der Waals surface area contributed by atoms with Crippen LogP contribution in [0.5, 0.6) is 0 Å². The van der Waals surface area contributed by atoms with Crippen molar-refractivity contribution >= 4 is 28.9 Å². The Morgan fingerprint density at radius 3 is 2.48 bits per heavy atom. The van der Waals surface area contributed by atoms with E-state index >= 15 is 0 Å². The van der Waals surface area contributed by atoms with E-state index < -0.39 is 0 Å². The molecule has 1 unspecified atom stereocenters. The average Bonchev–Trinajstić information content (AvgIpc) is 3.45. The van der Waals surface area contributed by atoms with Crippen LogP contribution in [-0.2, 0) is 4.79 Å². The Balaban J connectivity index is 1.68. The third kappa shape index (κ3) is 2.76. The third-order valence-electron chi connectivity index (χ3n) is 4.95. The summed E-state index contributed by atoms with van der Waals surface area (Å²) in [7, 11) is 1.80. The number of hydrogen-bond acceptors (Lipinski definition) is 3. The lowest BCUT2D eigenvalue weighted by molar-refractivity contribution is -0.119. The Kier molecular flexibility index (Phi) is 3.71. The first-order valence-corrected chi connectivity index (χ1v) is 8.62. The van der Waals surface area contributed by atoms with Crippen LogP contribution in [0, 0.1) is 0 Å². The second-order valence-electron chi connectivity index (χ2n) is 6.74. The van der Waals surface area contributed by atoms with Crippen molar-refractivity contribution in [1.82, 2.24) is 0 Å². The molecule has 0 radical (unpaired) electrons. The minimum Gasteiger partial charge on any atom is -0.355 e. The molecule has 1 aliphatic carbocycles. The van der Waals surface area contributed by atoms with E-state index in [4.69, 9.17) is 0 Å². The van der Waals surface area contributed by atoms with Crippen molar-refractivity contribution in [2.24, 2.45) is 0 Å². The van der Waals surface area contributed by atoms with Gasteiger partial charge >= 0.3 is 0 Å². The molecule has 1 fully saturated rings. The zero-order valence-corrected chi connectivity index (χ0v) is 14.4. The van der Waals surface area contributed by atoms with E-state index in [1.165, 1.54) is 0 Å². The number of amides is 2. The quantitative estimate of drug-likeness (QED) is 0.936. The zero-order valence-electron chi connectivity index (χ0n) is 14.4. The summed E-state index contributed by atoms with van der Waals surface area (Å²) < 4.78 is 0. The molecule has 1 atom stereocenters. The van der Waals surface area contributed by atoms with Gasteiger partial charge in [-0.05, 0) is 50.1 Å². The Morgan fingerprint density at radius 2 is 1.80 bits per heavy atom. The topological polar surface area (TPSA) is 52.7 Å². The van der Waals surface area contributed by atoms with Gasteiger partial charge in [0.15, 0.2) is 0 Å². The summed E-state index contributed by atoms with van der Waals surface area (Å²) >= 11 is 0. The van der Waals surface area contributed by atoms with Crippen LogP contribution in [0.2, 0.25) is 0 Å². The highest BCUT2D eigenvalue weighted by Crippen LogP contribution is 2.42. The molecule has 0 spiro atoms. The van der Waals surface area contributed by atoms with Gasteiger partial charge in [0.05, 0.1) is 11.4 Å². The van der Waals surface area contributed by atoms with Crippen molar-refractivity contribution in [1.29, 1.82) is 0 Å². The van der Waals surface area contributed by atoms with Crippen LogP contribution in [0.15, 0.2) is 48.5 Å². The first-order chi connectivity index (χ1) is 12.1. The van der Waals surface area contributed by atoms with E-state index in [1.54, 1.807) is 18.0 Å².